The Morgan fingerprint density at radius 1 is 0.381 bits per heavy atom. The van der Waals surface area contributed by atoms with Crippen molar-refractivity contribution in [1.82, 2.24) is 133 Å². The molecule has 6 N–H and O–H groups in total. The number of carbonyl (C=O) groups excluding carboxylic acids is 7. The van der Waals surface area contributed by atoms with E-state index in [0.29, 0.717) is 57.4 Å². The molecule has 0 unspecified atom stereocenters. The van der Waals surface area contributed by atoms with Gasteiger partial charge in [-0.05, 0) is 98.8 Å². The van der Waals surface area contributed by atoms with Gasteiger partial charge in [-0.15, -0.1) is 0 Å². The molecule has 0 atom stereocenters. The van der Waals surface area contributed by atoms with Gasteiger partial charge in [0.1, 0.15) is 0 Å². The minimum absolute atomic E-state index is 0.0561. The Kier molecular flexibility index (Phi) is 26.1. The Morgan fingerprint density at radius 2 is 0.823 bits per heavy atom. The number of aromatic amines is 6. The fourth-order valence-electron chi connectivity index (χ4n) is 22.0. The molecule has 752 valence electrons. The molecule has 19 aromatic rings. The predicted octanol–water partition coefficient (Wildman–Crippen LogP) is 16.3. The molecule has 147 heavy (non-hydrogen) atoms. The second-order valence-corrected chi connectivity index (χ2v) is 39.7. The number of hydrogen-bond donors (Lipinski definition) is 6. The van der Waals surface area contributed by atoms with Crippen LogP contribution in [-0.4, -0.2) is 221 Å². The van der Waals surface area contributed by atoms with Crippen molar-refractivity contribution < 1.29 is 38.3 Å². The van der Waals surface area contributed by atoms with Gasteiger partial charge in [-0.2, -0.15) is 40.8 Å². The fourth-order valence-corrected chi connectivity index (χ4v) is 22.0. The van der Waals surface area contributed by atoms with E-state index in [1.54, 1.807) is 52.3 Å². The van der Waals surface area contributed by atoms with Gasteiger partial charge in [0.25, 0.3) is 0 Å². The number of aromatic nitrogens is 21. The van der Waals surface area contributed by atoms with Crippen molar-refractivity contribution in [3.63, 3.8) is 0 Å². The Balaban J connectivity index is 0.000000104. The van der Waals surface area contributed by atoms with Crippen LogP contribution in [0.5, 0.6) is 0 Å². The molecule has 1 saturated carbocycles. The molecule has 0 spiro atoms. The molecule has 13 aromatic heterocycles. The molecule has 1 aliphatic carbocycles. The zero-order valence-electron chi connectivity index (χ0n) is 85.4. The maximum Gasteiger partial charge on any atom is 0.337 e. The smallest absolute Gasteiger partial charge is 0.337 e. The standard InChI is InChI=1S/C20H20N6O.C20H22N4O.C20H24N4O.C19H20N4O3.C17H18N4O.C16H17N5O/c1-12(27)26-6-5-19-17(11-26)20(24-23-19)16-9-21-18-4-3-13(7-15(16)18)14-8-22-25(2)10-14;1-13(25)23-9-8-19-17(12-23)20(22-24(19)11-14-6-7-14)16-10-21-18-5-3-2-4-15(16)18;1-13(2)24-12-16(15-7-5-6-8-19(15)24)20-17-11-23(14(3)25)10-9-18(17)22(4)21-20;1-11(24)23-7-5-17-15(10-23)18(21-22(17)2)14-8-12(19(25)26-3)9-16-13(14)4-6-20-16;1-11(22)21-9-7-16-14(10-21)17(19-20(16)2)13-4-3-5-15-12(13)6-8-18-15;1-10(22)21-7-6-15-13(9-21)16(19-20(15)2)11-4-3-5-14-12(11)8-17-18-14/h3-4,7-10,21H,5-6,11H2,1-2H3,(H,23,24);2-5,10,14,21H,6-9,11-12H2,1H3;5-8,12-13H,9-11H2,1-4H3;4,6,8-9,20H,5,7,10H2,1-3H3;3-6,8,18H,7,9-10H2,1-2H3;3-5,8H,6-7,9H2,1-2H3,(H,17,18). The van der Waals surface area contributed by atoms with Gasteiger partial charge < -0.3 is 58.6 Å². The molecule has 1 fully saturated rings. The molecule has 35 heteroatoms. The van der Waals surface area contributed by atoms with Gasteiger partial charge in [0, 0.05) is 410 Å². The van der Waals surface area contributed by atoms with Crippen LogP contribution < -0.4 is 0 Å². The van der Waals surface area contributed by atoms with E-state index in [-0.39, 0.29) is 35.4 Å². The lowest BCUT2D eigenvalue weighted by molar-refractivity contribution is -0.130. The zero-order valence-corrected chi connectivity index (χ0v) is 85.4. The van der Waals surface area contributed by atoms with Crippen molar-refractivity contribution >= 4 is 107 Å². The van der Waals surface area contributed by atoms with E-state index in [9.17, 15) is 33.6 Å². The predicted molar refractivity (Wildman–Crippen MR) is 564 cm³/mol. The summed E-state index contributed by atoms with van der Waals surface area (Å²) >= 11 is 0. The van der Waals surface area contributed by atoms with Crippen molar-refractivity contribution in [1.29, 1.82) is 0 Å². The summed E-state index contributed by atoms with van der Waals surface area (Å²) in [7, 11) is 11.2. The molecule has 0 bridgehead atoms. The van der Waals surface area contributed by atoms with Crippen LogP contribution >= 0.6 is 0 Å². The third-order valence-corrected chi connectivity index (χ3v) is 30.1. The Hall–Kier alpha value is -16.8. The third-order valence-electron chi connectivity index (χ3n) is 30.1. The summed E-state index contributed by atoms with van der Waals surface area (Å²) in [6.45, 7) is 23.4. The number of benzene rings is 6. The highest BCUT2D eigenvalue weighted by atomic mass is 16.5. The van der Waals surface area contributed by atoms with E-state index >= 15 is 0 Å². The molecular weight excluding hydrogens is 1850 g/mol. The number of fused-ring (bicyclic) bond motifs is 12. The van der Waals surface area contributed by atoms with Crippen LogP contribution in [0.1, 0.15) is 152 Å². The molecule has 26 rings (SSSR count). The van der Waals surface area contributed by atoms with Crippen LogP contribution in [0.15, 0.2) is 177 Å². The summed E-state index contributed by atoms with van der Waals surface area (Å²) in [5, 5.41) is 50.0. The SMILES string of the molecule is CC(=O)N1CCc2[nH]nc(-c3c[nH]c4ccc(-c5cnn(C)c5)cc34)c2C1.CC(=O)N1CCc2c(c(-c3c[nH]c4ccccc34)nn2CC2CC2)C1.CC(=O)N1CCc2c(c(-c3cccc4[nH]ccc34)nn2C)C1.CC(=O)N1CCc2c(c(-c3cccc4[nH]ncc34)nn2C)C1.CC(=O)N1CCc2c(c(-c3cn(C(C)C)c4ccccc34)nn2C)C1.COC(=O)c1cc(-c2nn(C)c3c2CN(C(C)=O)CC3)c2cc[nH]c2c1. The summed E-state index contributed by atoms with van der Waals surface area (Å²) in [6, 6.07) is 43.5. The van der Waals surface area contributed by atoms with Gasteiger partial charge >= 0.3 is 5.97 Å². The zero-order chi connectivity index (χ0) is 102. The van der Waals surface area contributed by atoms with Crippen molar-refractivity contribution in [3.05, 3.63) is 250 Å². The number of amides is 6. The van der Waals surface area contributed by atoms with Gasteiger partial charge in [-0.1, -0.05) is 66.7 Å². The van der Waals surface area contributed by atoms with Crippen LogP contribution in [0, 0.1) is 5.92 Å². The molecular formula is C112H121N27O8. The summed E-state index contributed by atoms with van der Waals surface area (Å²) in [6.07, 6.45) is 23.5. The summed E-state index contributed by atoms with van der Waals surface area (Å²) in [4.78, 5) is 107. The molecule has 0 saturated heterocycles. The van der Waals surface area contributed by atoms with E-state index in [2.05, 4.69) is 166 Å². The quantitative estimate of drug-likeness (QED) is 0.0655. The largest absolute Gasteiger partial charge is 0.465 e. The number of ether oxygens (including phenoxy) is 1. The molecule has 7 aliphatic rings. The van der Waals surface area contributed by atoms with Crippen LogP contribution in [-0.2, 0) is 153 Å². The van der Waals surface area contributed by atoms with Crippen LogP contribution in [0.4, 0.5) is 0 Å². The number of esters is 1. The Morgan fingerprint density at radius 3 is 1.35 bits per heavy atom. The fraction of sp³-hybridized carbons (Fsp3) is 0.330. The van der Waals surface area contributed by atoms with Gasteiger partial charge in [0.15, 0.2) is 0 Å². The van der Waals surface area contributed by atoms with E-state index in [1.165, 1.54) is 81.1 Å². The number of para-hydroxylation sites is 2. The number of aryl methyl sites for hydroxylation is 5. The lowest BCUT2D eigenvalue weighted by Crippen LogP contribution is -2.34. The van der Waals surface area contributed by atoms with Crippen molar-refractivity contribution in [2.45, 2.75) is 159 Å². The molecule has 6 aliphatic heterocycles. The molecule has 35 nitrogen and oxygen atoms in total. The van der Waals surface area contributed by atoms with Gasteiger partial charge in [0.05, 0.1) is 64.7 Å². The molecule has 0 radical (unpaired) electrons. The number of hydrogen-bond acceptors (Lipinski definition) is 16. The summed E-state index contributed by atoms with van der Waals surface area (Å²) in [5.41, 5.74) is 35.4. The third kappa shape index (κ3) is 18.6. The first-order valence-electron chi connectivity index (χ1n) is 50.4. The van der Waals surface area contributed by atoms with Gasteiger partial charge in [-0.25, -0.2) is 4.79 Å². The van der Waals surface area contributed by atoms with Crippen molar-refractivity contribution in [3.8, 4) is 78.7 Å². The van der Waals surface area contributed by atoms with E-state index in [4.69, 9.17) is 30.2 Å². The number of rotatable bonds is 11. The second kappa shape index (κ2) is 39.8. The normalized spacial score (nSPS) is 14.6. The van der Waals surface area contributed by atoms with E-state index in [1.807, 2.05) is 157 Å². The maximum atomic E-state index is 12.1. The highest BCUT2D eigenvalue weighted by Crippen LogP contribution is 2.44. The second-order valence-electron chi connectivity index (χ2n) is 39.7. The first-order valence-corrected chi connectivity index (χ1v) is 50.4. The first kappa shape index (κ1) is 96.4. The number of carbonyl (C=O) groups is 7. The summed E-state index contributed by atoms with van der Waals surface area (Å²) in [5.74, 6) is 1.06. The van der Waals surface area contributed by atoms with Crippen LogP contribution in [0.2, 0.25) is 0 Å². The Labute approximate surface area is 848 Å². The van der Waals surface area contributed by atoms with Crippen LogP contribution in [0.3, 0.4) is 0 Å². The minimum Gasteiger partial charge on any atom is -0.465 e. The molecule has 6 amide bonds. The Bertz CT molecular complexity index is 8200. The topological polar surface area (TPSA) is 381 Å². The lowest BCUT2D eigenvalue weighted by Gasteiger charge is -2.26. The van der Waals surface area contributed by atoms with Crippen LogP contribution in [0.25, 0.3) is 144 Å². The highest BCUT2D eigenvalue weighted by Gasteiger charge is 2.36. The first-order chi connectivity index (χ1) is 71.1. The minimum atomic E-state index is -0.391. The maximum absolute atomic E-state index is 12.1. The average molecular weight is 1970 g/mol. The monoisotopic (exact) mass is 1970 g/mol. The highest BCUT2D eigenvalue weighted by molar-refractivity contribution is 6.04. The van der Waals surface area contributed by atoms with E-state index < -0.39 is 5.97 Å². The van der Waals surface area contributed by atoms with Gasteiger partial charge in [-0.3, -0.25) is 67.1 Å². The number of methoxy groups -OCH3 is 1. The van der Waals surface area contributed by atoms with Gasteiger partial charge in [0.2, 0.25) is 35.4 Å². The summed E-state index contributed by atoms with van der Waals surface area (Å²) < 4.78 is 19.0. The van der Waals surface area contributed by atoms with Crippen molar-refractivity contribution in [2.24, 2.45) is 41.2 Å². The number of H-pyrrole nitrogens is 6. The average Bonchev–Trinajstić information content (AvgIpc) is 1.51. The van der Waals surface area contributed by atoms with E-state index in [0.717, 1.165) is 234 Å². The number of nitrogens with zero attached hydrogens (tertiary/aromatic N) is 21. The molecule has 6 aromatic carbocycles. The number of nitrogens with one attached hydrogen (secondary N) is 6. The van der Waals surface area contributed by atoms with Crippen molar-refractivity contribution in [2.75, 3.05) is 46.4 Å². The lowest BCUT2D eigenvalue weighted by atomic mass is 9.97. The molecule has 19 heterocycles.